The molecule has 0 fully saturated rings. The van der Waals surface area contributed by atoms with Crippen LogP contribution in [0.15, 0.2) is 48.7 Å². The second-order valence-corrected chi connectivity index (χ2v) is 4.83. The summed E-state index contributed by atoms with van der Waals surface area (Å²) in [5.41, 5.74) is 1.88. The molecule has 3 aromatic rings. The molecule has 0 bridgehead atoms. The van der Waals surface area contributed by atoms with E-state index in [0.717, 1.165) is 27.0 Å². The Balaban J connectivity index is 1.92. The number of ether oxygens (including phenoxy) is 1. The summed E-state index contributed by atoms with van der Waals surface area (Å²) in [6.07, 6.45) is 1.75. The van der Waals surface area contributed by atoms with Crippen LogP contribution in [0.25, 0.3) is 21.3 Å². The van der Waals surface area contributed by atoms with Crippen molar-refractivity contribution in [1.82, 2.24) is 15.2 Å². The lowest BCUT2D eigenvalue weighted by Crippen LogP contribution is -1.82. The molecule has 1 aromatic carbocycles. The highest BCUT2D eigenvalue weighted by Crippen LogP contribution is 2.29. The van der Waals surface area contributed by atoms with E-state index in [1.165, 1.54) is 11.3 Å². The first-order chi connectivity index (χ1) is 9.36. The first kappa shape index (κ1) is 11.8. The van der Waals surface area contributed by atoms with Crippen LogP contribution < -0.4 is 4.74 Å². The van der Waals surface area contributed by atoms with Gasteiger partial charge in [0.2, 0.25) is 0 Å². The fourth-order valence-corrected chi connectivity index (χ4v) is 2.49. The molecule has 0 aliphatic carbocycles. The minimum Gasteiger partial charge on any atom is -0.497 e. The van der Waals surface area contributed by atoms with Crippen molar-refractivity contribution in [3.05, 3.63) is 48.7 Å². The predicted octanol–water partition coefficient (Wildman–Crippen LogP) is 3.28. The van der Waals surface area contributed by atoms with Gasteiger partial charge in [-0.1, -0.05) is 17.4 Å². The van der Waals surface area contributed by atoms with E-state index >= 15 is 0 Å². The highest BCUT2D eigenvalue weighted by Gasteiger charge is 2.09. The topological polar surface area (TPSA) is 47.9 Å². The largest absolute Gasteiger partial charge is 0.497 e. The van der Waals surface area contributed by atoms with Crippen LogP contribution in [0.3, 0.4) is 0 Å². The second-order valence-electron chi connectivity index (χ2n) is 3.86. The van der Waals surface area contributed by atoms with Crippen molar-refractivity contribution >= 4 is 11.3 Å². The molecule has 0 amide bonds. The Morgan fingerprint density at radius 1 is 0.947 bits per heavy atom. The molecule has 0 saturated carbocycles. The fourth-order valence-electron chi connectivity index (χ4n) is 1.67. The van der Waals surface area contributed by atoms with Gasteiger partial charge in [0, 0.05) is 11.8 Å². The van der Waals surface area contributed by atoms with E-state index in [2.05, 4.69) is 15.2 Å². The molecule has 0 unspecified atom stereocenters. The molecule has 0 radical (unpaired) electrons. The lowest BCUT2D eigenvalue weighted by atomic mass is 10.2. The summed E-state index contributed by atoms with van der Waals surface area (Å²) in [7, 11) is 1.65. The van der Waals surface area contributed by atoms with E-state index in [1.54, 1.807) is 13.3 Å². The highest BCUT2D eigenvalue weighted by molar-refractivity contribution is 7.17. The molecular weight excluding hydrogens is 258 g/mol. The van der Waals surface area contributed by atoms with Crippen LogP contribution in [0.1, 0.15) is 0 Å². The summed E-state index contributed by atoms with van der Waals surface area (Å²) in [5.74, 6) is 0.832. The maximum absolute atomic E-state index is 5.14. The van der Waals surface area contributed by atoms with Gasteiger partial charge in [-0.25, -0.2) is 0 Å². The molecule has 0 aliphatic rings. The van der Waals surface area contributed by atoms with Crippen LogP contribution in [-0.2, 0) is 0 Å². The number of rotatable bonds is 3. The smallest absolute Gasteiger partial charge is 0.166 e. The fraction of sp³-hybridized carbons (Fsp3) is 0.0714. The third-order valence-electron chi connectivity index (χ3n) is 2.65. The monoisotopic (exact) mass is 269 g/mol. The van der Waals surface area contributed by atoms with Crippen molar-refractivity contribution in [2.24, 2.45) is 0 Å². The SMILES string of the molecule is COc1ccc(-c2nnc(-c3ccccn3)s2)cc1. The average Bonchev–Trinajstić information content (AvgIpc) is 2.98. The van der Waals surface area contributed by atoms with Crippen LogP contribution in [0.4, 0.5) is 0 Å². The third kappa shape index (κ3) is 2.46. The zero-order valence-electron chi connectivity index (χ0n) is 10.3. The predicted molar refractivity (Wildman–Crippen MR) is 75.1 cm³/mol. The van der Waals surface area contributed by atoms with Crippen LogP contribution >= 0.6 is 11.3 Å². The lowest BCUT2D eigenvalue weighted by Gasteiger charge is -1.99. The molecular formula is C14H11N3OS. The van der Waals surface area contributed by atoms with Crippen molar-refractivity contribution in [2.45, 2.75) is 0 Å². The van der Waals surface area contributed by atoms with Crippen molar-refractivity contribution in [3.8, 4) is 27.0 Å². The van der Waals surface area contributed by atoms with Gasteiger partial charge in [0.15, 0.2) is 5.01 Å². The maximum atomic E-state index is 5.14. The van der Waals surface area contributed by atoms with Gasteiger partial charge >= 0.3 is 0 Å². The minimum absolute atomic E-state index is 0.825. The third-order valence-corrected chi connectivity index (χ3v) is 3.64. The van der Waals surface area contributed by atoms with Gasteiger partial charge in [0.1, 0.15) is 16.5 Å². The average molecular weight is 269 g/mol. The summed E-state index contributed by atoms with van der Waals surface area (Å²) >= 11 is 1.53. The van der Waals surface area contributed by atoms with E-state index in [4.69, 9.17) is 4.74 Å². The van der Waals surface area contributed by atoms with E-state index in [9.17, 15) is 0 Å². The standard InChI is InChI=1S/C14H11N3OS/c1-18-11-7-5-10(6-8-11)13-16-17-14(19-13)12-4-2-3-9-15-12/h2-9H,1H3. The number of methoxy groups -OCH3 is 1. The van der Waals surface area contributed by atoms with Gasteiger partial charge in [0.05, 0.1) is 7.11 Å². The van der Waals surface area contributed by atoms with Crippen LogP contribution in [0, 0.1) is 0 Å². The van der Waals surface area contributed by atoms with Crippen molar-refractivity contribution in [1.29, 1.82) is 0 Å². The second kappa shape index (κ2) is 5.16. The normalized spacial score (nSPS) is 10.4. The molecule has 19 heavy (non-hydrogen) atoms. The maximum Gasteiger partial charge on any atom is 0.166 e. The number of hydrogen-bond acceptors (Lipinski definition) is 5. The van der Waals surface area contributed by atoms with Crippen LogP contribution in [0.2, 0.25) is 0 Å². The van der Waals surface area contributed by atoms with E-state index in [0.29, 0.717) is 0 Å². The quantitative estimate of drug-likeness (QED) is 0.732. The van der Waals surface area contributed by atoms with E-state index < -0.39 is 0 Å². The summed E-state index contributed by atoms with van der Waals surface area (Å²) in [6, 6.07) is 13.5. The molecule has 0 saturated heterocycles. The summed E-state index contributed by atoms with van der Waals surface area (Å²) in [6.45, 7) is 0. The summed E-state index contributed by atoms with van der Waals surface area (Å²) < 4.78 is 5.14. The van der Waals surface area contributed by atoms with E-state index in [-0.39, 0.29) is 0 Å². The van der Waals surface area contributed by atoms with Crippen molar-refractivity contribution in [3.63, 3.8) is 0 Å². The Bertz CT molecular complexity index is 665. The van der Waals surface area contributed by atoms with Gasteiger partial charge in [-0.2, -0.15) is 0 Å². The molecule has 3 rings (SSSR count). The van der Waals surface area contributed by atoms with Gasteiger partial charge in [-0.15, -0.1) is 10.2 Å². The first-order valence-electron chi connectivity index (χ1n) is 5.76. The van der Waals surface area contributed by atoms with Gasteiger partial charge in [-0.3, -0.25) is 4.98 Å². The van der Waals surface area contributed by atoms with Gasteiger partial charge in [0.25, 0.3) is 0 Å². The van der Waals surface area contributed by atoms with Crippen LogP contribution in [-0.4, -0.2) is 22.3 Å². The molecule has 4 nitrogen and oxygen atoms in total. The highest BCUT2D eigenvalue weighted by atomic mass is 32.1. The van der Waals surface area contributed by atoms with Crippen molar-refractivity contribution < 1.29 is 4.74 Å². The number of aromatic nitrogens is 3. The van der Waals surface area contributed by atoms with Gasteiger partial charge in [-0.05, 0) is 36.4 Å². The Morgan fingerprint density at radius 2 is 1.74 bits per heavy atom. The molecule has 2 aromatic heterocycles. The number of benzene rings is 1. The Hall–Kier alpha value is -2.27. The first-order valence-corrected chi connectivity index (χ1v) is 6.58. The molecule has 2 heterocycles. The van der Waals surface area contributed by atoms with Crippen molar-refractivity contribution in [2.75, 3.05) is 7.11 Å². The van der Waals surface area contributed by atoms with E-state index in [1.807, 2.05) is 42.5 Å². The number of nitrogens with zero attached hydrogens (tertiary/aromatic N) is 3. The zero-order valence-corrected chi connectivity index (χ0v) is 11.1. The Morgan fingerprint density at radius 3 is 2.42 bits per heavy atom. The Labute approximate surface area is 114 Å². The van der Waals surface area contributed by atoms with Gasteiger partial charge < -0.3 is 4.74 Å². The number of hydrogen-bond donors (Lipinski definition) is 0. The van der Waals surface area contributed by atoms with Crippen LogP contribution in [0.5, 0.6) is 5.75 Å². The Kier molecular flexibility index (Phi) is 3.20. The molecule has 0 spiro atoms. The molecule has 0 atom stereocenters. The summed E-state index contributed by atoms with van der Waals surface area (Å²) in [4.78, 5) is 4.27. The molecule has 5 heteroatoms. The molecule has 0 N–H and O–H groups in total. The lowest BCUT2D eigenvalue weighted by molar-refractivity contribution is 0.415. The number of pyridine rings is 1. The molecule has 94 valence electrons. The summed E-state index contributed by atoms with van der Waals surface area (Å²) in [5, 5.41) is 10.1. The molecule has 0 aliphatic heterocycles. The minimum atomic E-state index is 0.825. The zero-order chi connectivity index (χ0) is 13.1.